The van der Waals surface area contributed by atoms with Gasteiger partial charge in [0.2, 0.25) is 0 Å². The predicted molar refractivity (Wildman–Crippen MR) is 72.0 cm³/mol. The summed E-state index contributed by atoms with van der Waals surface area (Å²) in [5, 5.41) is 0. The van der Waals surface area contributed by atoms with Crippen LogP contribution in [-0.4, -0.2) is 32.3 Å². The van der Waals surface area contributed by atoms with Gasteiger partial charge in [-0.05, 0) is 18.6 Å². The van der Waals surface area contributed by atoms with Crippen LogP contribution in [0.3, 0.4) is 0 Å². The van der Waals surface area contributed by atoms with E-state index in [-0.39, 0.29) is 11.5 Å². The lowest BCUT2D eigenvalue weighted by molar-refractivity contribution is 0.0731. The van der Waals surface area contributed by atoms with E-state index in [1.165, 1.54) is 12.5 Å². The van der Waals surface area contributed by atoms with Crippen LogP contribution in [0, 0.1) is 0 Å². The number of nitrogens with two attached hydrogens (primary N) is 1. The molecule has 7 nitrogen and oxygen atoms in total. The van der Waals surface area contributed by atoms with E-state index < -0.39 is 0 Å². The number of hydrogen-bond donors (Lipinski definition) is 2. The number of nitrogens with zero attached hydrogens (tertiary/aromatic N) is 3. The van der Waals surface area contributed by atoms with Crippen LogP contribution in [0.15, 0.2) is 29.5 Å². The molecule has 2 aromatic rings. The first-order valence-electron chi connectivity index (χ1n) is 6.21. The minimum atomic E-state index is -0.134. The van der Waals surface area contributed by atoms with E-state index in [0.29, 0.717) is 42.1 Å². The van der Waals surface area contributed by atoms with Gasteiger partial charge in [-0.2, -0.15) is 0 Å². The number of H-pyrrole nitrogens is 1. The normalized spacial score (nSPS) is 13.9. The summed E-state index contributed by atoms with van der Waals surface area (Å²) in [5.74, 6) is 0.240. The molecule has 0 saturated carbocycles. The molecule has 0 spiro atoms. The lowest BCUT2D eigenvalue weighted by Crippen LogP contribution is -2.39. The Balaban J connectivity index is 1.85. The standard InChI is InChI=1S/C13H13N5O2/c14-11-2-1-8(5-15-11)13(20)18-4-3-9-10(6-18)16-7-17-12(9)19/h1-2,5,7H,3-4,6H2,(H2,14,15)(H,16,17,19). The molecule has 0 unspecified atom stereocenters. The summed E-state index contributed by atoms with van der Waals surface area (Å²) in [6, 6.07) is 3.24. The largest absolute Gasteiger partial charge is 0.384 e. The molecule has 2 aromatic heterocycles. The number of fused-ring (bicyclic) bond motifs is 1. The van der Waals surface area contributed by atoms with Gasteiger partial charge in [0.05, 0.1) is 24.1 Å². The van der Waals surface area contributed by atoms with E-state index in [4.69, 9.17) is 5.73 Å². The molecule has 1 aliphatic rings. The summed E-state index contributed by atoms with van der Waals surface area (Å²) in [6.07, 6.45) is 3.32. The fourth-order valence-corrected chi connectivity index (χ4v) is 2.25. The first kappa shape index (κ1) is 12.3. The highest BCUT2D eigenvalue weighted by Gasteiger charge is 2.24. The molecule has 20 heavy (non-hydrogen) atoms. The SMILES string of the molecule is Nc1ccc(C(=O)N2CCc3c(nc[nH]c3=O)C2)cn1. The number of pyridine rings is 1. The number of aromatic nitrogens is 3. The summed E-state index contributed by atoms with van der Waals surface area (Å²) >= 11 is 0. The number of hydrogen-bond acceptors (Lipinski definition) is 5. The van der Waals surface area contributed by atoms with Crippen molar-refractivity contribution in [2.24, 2.45) is 0 Å². The molecular weight excluding hydrogens is 258 g/mol. The van der Waals surface area contributed by atoms with Gasteiger partial charge in [0.15, 0.2) is 0 Å². The summed E-state index contributed by atoms with van der Waals surface area (Å²) in [6.45, 7) is 0.827. The molecule has 102 valence electrons. The minimum Gasteiger partial charge on any atom is -0.384 e. The molecule has 3 heterocycles. The fourth-order valence-electron chi connectivity index (χ4n) is 2.25. The third-order valence-electron chi connectivity index (χ3n) is 3.33. The molecule has 0 bridgehead atoms. The first-order chi connectivity index (χ1) is 9.65. The second-order valence-electron chi connectivity index (χ2n) is 4.61. The number of aromatic amines is 1. The van der Waals surface area contributed by atoms with Crippen molar-refractivity contribution >= 4 is 11.7 Å². The molecule has 1 amide bonds. The van der Waals surface area contributed by atoms with Crippen molar-refractivity contribution in [2.75, 3.05) is 12.3 Å². The highest BCUT2D eigenvalue weighted by molar-refractivity contribution is 5.94. The van der Waals surface area contributed by atoms with Gasteiger partial charge in [0, 0.05) is 18.3 Å². The van der Waals surface area contributed by atoms with Crippen LogP contribution in [0.5, 0.6) is 0 Å². The van der Waals surface area contributed by atoms with E-state index in [1.807, 2.05) is 0 Å². The Labute approximate surface area is 114 Å². The highest BCUT2D eigenvalue weighted by atomic mass is 16.2. The number of anilines is 1. The zero-order valence-corrected chi connectivity index (χ0v) is 10.7. The molecule has 3 rings (SSSR count). The van der Waals surface area contributed by atoms with E-state index in [0.717, 1.165) is 0 Å². The topological polar surface area (TPSA) is 105 Å². The Morgan fingerprint density at radius 2 is 2.20 bits per heavy atom. The monoisotopic (exact) mass is 271 g/mol. The molecule has 3 N–H and O–H groups in total. The number of rotatable bonds is 1. The lowest BCUT2D eigenvalue weighted by Gasteiger charge is -2.27. The molecule has 0 fully saturated rings. The van der Waals surface area contributed by atoms with E-state index in [9.17, 15) is 9.59 Å². The third kappa shape index (κ3) is 2.13. The Morgan fingerprint density at radius 1 is 1.35 bits per heavy atom. The highest BCUT2D eigenvalue weighted by Crippen LogP contribution is 2.15. The Morgan fingerprint density at radius 3 is 2.95 bits per heavy atom. The molecule has 1 aliphatic heterocycles. The maximum Gasteiger partial charge on any atom is 0.255 e. The van der Waals surface area contributed by atoms with Crippen molar-refractivity contribution in [3.63, 3.8) is 0 Å². The number of nitrogen functional groups attached to an aromatic ring is 1. The number of nitrogens with one attached hydrogen (secondary N) is 1. The zero-order chi connectivity index (χ0) is 14.1. The molecule has 0 saturated heterocycles. The average molecular weight is 271 g/mol. The average Bonchev–Trinajstić information content (AvgIpc) is 2.47. The smallest absolute Gasteiger partial charge is 0.255 e. The molecule has 0 radical (unpaired) electrons. The van der Waals surface area contributed by atoms with Crippen LogP contribution in [-0.2, 0) is 13.0 Å². The molecule has 0 atom stereocenters. The van der Waals surface area contributed by atoms with Crippen LogP contribution in [0.4, 0.5) is 5.82 Å². The molecule has 7 heteroatoms. The lowest BCUT2D eigenvalue weighted by atomic mass is 10.1. The van der Waals surface area contributed by atoms with Gasteiger partial charge < -0.3 is 15.6 Å². The zero-order valence-electron chi connectivity index (χ0n) is 10.7. The summed E-state index contributed by atoms with van der Waals surface area (Å²) in [4.78, 5) is 36.2. The van der Waals surface area contributed by atoms with Gasteiger partial charge in [-0.15, -0.1) is 0 Å². The van der Waals surface area contributed by atoms with Gasteiger partial charge in [-0.3, -0.25) is 9.59 Å². The van der Waals surface area contributed by atoms with Crippen molar-refractivity contribution in [1.29, 1.82) is 0 Å². The van der Waals surface area contributed by atoms with Crippen LogP contribution in [0.2, 0.25) is 0 Å². The van der Waals surface area contributed by atoms with Crippen molar-refractivity contribution in [3.8, 4) is 0 Å². The summed E-state index contributed by atoms with van der Waals surface area (Å²) in [7, 11) is 0. The van der Waals surface area contributed by atoms with Crippen molar-refractivity contribution < 1.29 is 4.79 Å². The van der Waals surface area contributed by atoms with Gasteiger partial charge >= 0.3 is 0 Å². The van der Waals surface area contributed by atoms with Crippen LogP contribution >= 0.6 is 0 Å². The summed E-state index contributed by atoms with van der Waals surface area (Å²) in [5.41, 5.74) is 7.16. The van der Waals surface area contributed by atoms with Crippen LogP contribution < -0.4 is 11.3 Å². The van der Waals surface area contributed by atoms with E-state index in [1.54, 1.807) is 17.0 Å². The number of amides is 1. The second-order valence-corrected chi connectivity index (χ2v) is 4.61. The number of carbonyl (C=O) groups is 1. The van der Waals surface area contributed by atoms with E-state index >= 15 is 0 Å². The third-order valence-corrected chi connectivity index (χ3v) is 3.33. The van der Waals surface area contributed by atoms with Crippen molar-refractivity contribution in [2.45, 2.75) is 13.0 Å². The van der Waals surface area contributed by atoms with Gasteiger partial charge in [0.25, 0.3) is 11.5 Å². The quantitative estimate of drug-likeness (QED) is 0.756. The fraction of sp³-hybridized carbons (Fsp3) is 0.231. The Kier molecular flexibility index (Phi) is 2.94. The van der Waals surface area contributed by atoms with Crippen molar-refractivity contribution in [3.05, 3.63) is 51.8 Å². The number of carbonyl (C=O) groups excluding carboxylic acids is 1. The Hall–Kier alpha value is -2.70. The molecule has 0 aromatic carbocycles. The van der Waals surface area contributed by atoms with Gasteiger partial charge in [-0.25, -0.2) is 9.97 Å². The molecular formula is C13H13N5O2. The maximum absolute atomic E-state index is 12.3. The van der Waals surface area contributed by atoms with Gasteiger partial charge in [-0.1, -0.05) is 0 Å². The van der Waals surface area contributed by atoms with Crippen LogP contribution in [0.1, 0.15) is 21.6 Å². The van der Waals surface area contributed by atoms with Crippen LogP contribution in [0.25, 0.3) is 0 Å². The minimum absolute atomic E-state index is 0.128. The van der Waals surface area contributed by atoms with Gasteiger partial charge in [0.1, 0.15) is 5.82 Å². The maximum atomic E-state index is 12.3. The van der Waals surface area contributed by atoms with Crippen molar-refractivity contribution in [1.82, 2.24) is 19.9 Å². The predicted octanol–water partition coefficient (Wildman–Crippen LogP) is -0.0544. The molecule has 0 aliphatic carbocycles. The second kappa shape index (κ2) is 4.76. The summed E-state index contributed by atoms with van der Waals surface area (Å²) < 4.78 is 0. The van der Waals surface area contributed by atoms with E-state index in [2.05, 4.69) is 15.0 Å². The Bertz CT molecular complexity index is 707. The first-order valence-corrected chi connectivity index (χ1v) is 6.21.